The lowest BCUT2D eigenvalue weighted by Gasteiger charge is -2.11. The van der Waals surface area contributed by atoms with Crippen LogP contribution in [-0.4, -0.2) is 16.2 Å². The molecule has 0 saturated heterocycles. The lowest BCUT2D eigenvalue weighted by atomic mass is 10.0. The van der Waals surface area contributed by atoms with Crippen molar-refractivity contribution in [3.63, 3.8) is 0 Å². The van der Waals surface area contributed by atoms with Gasteiger partial charge in [-0.3, -0.25) is 0 Å². The zero-order valence-electron chi connectivity index (χ0n) is 17.9. The maximum Gasteiger partial charge on any atom is 0.119 e. The number of rotatable bonds is 9. The maximum absolute atomic E-state index is 5.99. The molecule has 4 aromatic rings. The summed E-state index contributed by atoms with van der Waals surface area (Å²) in [6.45, 7) is 6.03. The number of aromatic nitrogens is 2. The smallest absolute Gasteiger partial charge is 0.119 e. The van der Waals surface area contributed by atoms with Gasteiger partial charge < -0.3 is 9.30 Å². The number of hydrogen-bond donors (Lipinski definition) is 0. The van der Waals surface area contributed by atoms with Gasteiger partial charge in [-0.1, -0.05) is 68.4 Å². The molecule has 0 aliphatic rings. The van der Waals surface area contributed by atoms with Gasteiger partial charge in [0, 0.05) is 13.0 Å². The van der Waals surface area contributed by atoms with E-state index in [0.29, 0.717) is 12.5 Å². The highest BCUT2D eigenvalue weighted by Crippen LogP contribution is 2.20. The van der Waals surface area contributed by atoms with E-state index in [1.54, 1.807) is 0 Å². The van der Waals surface area contributed by atoms with E-state index in [9.17, 15) is 0 Å². The molecule has 3 heteroatoms. The molecule has 0 fully saturated rings. The number of aryl methyl sites for hydroxylation is 3. The zero-order valence-corrected chi connectivity index (χ0v) is 17.9. The zero-order chi connectivity index (χ0) is 20.8. The molecule has 1 aromatic heterocycles. The number of nitrogens with zero attached hydrogens (tertiary/aromatic N) is 2. The molecular weight excluding hydrogens is 368 g/mol. The fourth-order valence-corrected chi connectivity index (χ4v) is 3.83. The topological polar surface area (TPSA) is 27.1 Å². The Kier molecular flexibility index (Phi) is 6.48. The number of imidazole rings is 1. The molecule has 0 spiro atoms. The molecule has 0 aliphatic carbocycles. The summed E-state index contributed by atoms with van der Waals surface area (Å²) in [7, 11) is 0. The van der Waals surface area contributed by atoms with E-state index in [0.717, 1.165) is 42.9 Å². The van der Waals surface area contributed by atoms with Crippen LogP contribution in [-0.2, 0) is 19.4 Å². The highest BCUT2D eigenvalue weighted by Gasteiger charge is 2.10. The largest absolute Gasteiger partial charge is 0.494 e. The second-order valence-electron chi connectivity index (χ2n) is 8.08. The minimum Gasteiger partial charge on any atom is -0.494 e. The van der Waals surface area contributed by atoms with Crippen molar-refractivity contribution in [2.45, 2.75) is 45.6 Å². The van der Waals surface area contributed by atoms with Gasteiger partial charge in [0.15, 0.2) is 0 Å². The van der Waals surface area contributed by atoms with Crippen molar-refractivity contribution < 1.29 is 4.74 Å². The Balaban J connectivity index is 1.39. The summed E-state index contributed by atoms with van der Waals surface area (Å²) in [5.41, 5.74) is 4.98. The molecular formula is C27H30N2O. The Morgan fingerprint density at radius 2 is 1.57 bits per heavy atom. The van der Waals surface area contributed by atoms with Crippen LogP contribution in [0.4, 0.5) is 0 Å². The van der Waals surface area contributed by atoms with Crippen LogP contribution in [0.2, 0.25) is 0 Å². The van der Waals surface area contributed by atoms with E-state index in [2.05, 4.69) is 97.3 Å². The minimum absolute atomic E-state index is 0.544. The number of benzene rings is 3. The van der Waals surface area contributed by atoms with Gasteiger partial charge in [0.2, 0.25) is 0 Å². The molecule has 3 aromatic carbocycles. The first-order chi connectivity index (χ1) is 14.7. The minimum atomic E-state index is 0.544. The van der Waals surface area contributed by atoms with E-state index in [1.165, 1.54) is 16.6 Å². The highest BCUT2D eigenvalue weighted by molar-refractivity contribution is 5.75. The second kappa shape index (κ2) is 9.62. The van der Waals surface area contributed by atoms with E-state index >= 15 is 0 Å². The summed E-state index contributed by atoms with van der Waals surface area (Å²) in [6.07, 6.45) is 2.89. The first-order valence-corrected chi connectivity index (χ1v) is 10.9. The number of ether oxygens (including phenoxy) is 1. The van der Waals surface area contributed by atoms with Crippen LogP contribution in [0.15, 0.2) is 78.9 Å². The normalized spacial score (nSPS) is 11.3. The first-order valence-electron chi connectivity index (χ1n) is 10.9. The average Bonchev–Trinajstić information content (AvgIpc) is 3.14. The Bertz CT molecular complexity index is 1070. The van der Waals surface area contributed by atoms with Gasteiger partial charge in [-0.15, -0.1) is 0 Å². The van der Waals surface area contributed by atoms with Crippen LogP contribution in [0, 0.1) is 0 Å². The Morgan fingerprint density at radius 3 is 2.33 bits per heavy atom. The predicted octanol–water partition coefficient (Wildman–Crippen LogP) is 6.41. The lowest BCUT2D eigenvalue weighted by molar-refractivity contribution is 0.301. The lowest BCUT2D eigenvalue weighted by Crippen LogP contribution is -2.09. The predicted molar refractivity (Wildman–Crippen MR) is 124 cm³/mol. The molecule has 0 aliphatic heterocycles. The Morgan fingerprint density at radius 1 is 0.833 bits per heavy atom. The molecule has 4 rings (SSSR count). The number of fused-ring (bicyclic) bond motifs is 1. The standard InChI is InChI=1S/C27H30N2O/c1-21(2)23-14-16-24(17-15-23)30-20-8-19-29-26-12-7-6-11-25(26)28-27(29)18-13-22-9-4-3-5-10-22/h3-7,9-12,14-17,21H,8,13,18-20H2,1-2H3. The molecule has 1 heterocycles. The molecule has 0 atom stereocenters. The molecule has 0 N–H and O–H groups in total. The average molecular weight is 399 g/mol. The summed E-state index contributed by atoms with van der Waals surface area (Å²) >= 11 is 0. The fourth-order valence-electron chi connectivity index (χ4n) is 3.83. The summed E-state index contributed by atoms with van der Waals surface area (Å²) in [5.74, 6) is 2.64. The first kappa shape index (κ1) is 20.2. The third-order valence-corrected chi connectivity index (χ3v) is 5.56. The van der Waals surface area contributed by atoms with Crippen molar-refractivity contribution in [2.75, 3.05) is 6.61 Å². The third-order valence-electron chi connectivity index (χ3n) is 5.56. The summed E-state index contributed by atoms with van der Waals surface area (Å²) in [4.78, 5) is 4.91. The summed E-state index contributed by atoms with van der Waals surface area (Å²) in [6, 6.07) is 27.5. The molecule has 0 saturated carbocycles. The van der Waals surface area contributed by atoms with Crippen molar-refractivity contribution in [2.24, 2.45) is 0 Å². The van der Waals surface area contributed by atoms with Crippen LogP contribution in [0.25, 0.3) is 11.0 Å². The van der Waals surface area contributed by atoms with Crippen molar-refractivity contribution in [3.8, 4) is 5.75 Å². The van der Waals surface area contributed by atoms with Gasteiger partial charge in [0.1, 0.15) is 11.6 Å². The van der Waals surface area contributed by atoms with Gasteiger partial charge in [-0.2, -0.15) is 0 Å². The summed E-state index contributed by atoms with van der Waals surface area (Å²) < 4.78 is 8.35. The monoisotopic (exact) mass is 398 g/mol. The van der Waals surface area contributed by atoms with E-state index in [1.807, 2.05) is 0 Å². The molecule has 3 nitrogen and oxygen atoms in total. The van der Waals surface area contributed by atoms with Crippen LogP contribution >= 0.6 is 0 Å². The van der Waals surface area contributed by atoms with E-state index < -0.39 is 0 Å². The third kappa shape index (κ3) is 4.91. The van der Waals surface area contributed by atoms with Crippen LogP contribution < -0.4 is 4.74 Å². The van der Waals surface area contributed by atoms with Gasteiger partial charge in [0.25, 0.3) is 0 Å². The van der Waals surface area contributed by atoms with Crippen molar-refractivity contribution in [1.82, 2.24) is 9.55 Å². The fraction of sp³-hybridized carbons (Fsp3) is 0.296. The number of para-hydroxylation sites is 2. The molecule has 154 valence electrons. The van der Waals surface area contributed by atoms with Gasteiger partial charge >= 0.3 is 0 Å². The van der Waals surface area contributed by atoms with Crippen molar-refractivity contribution >= 4 is 11.0 Å². The van der Waals surface area contributed by atoms with E-state index in [-0.39, 0.29) is 0 Å². The van der Waals surface area contributed by atoms with E-state index in [4.69, 9.17) is 9.72 Å². The molecule has 30 heavy (non-hydrogen) atoms. The van der Waals surface area contributed by atoms with Gasteiger partial charge in [-0.25, -0.2) is 4.98 Å². The van der Waals surface area contributed by atoms with Crippen molar-refractivity contribution in [3.05, 3.63) is 95.8 Å². The van der Waals surface area contributed by atoms with Crippen LogP contribution in [0.1, 0.15) is 43.1 Å². The second-order valence-corrected chi connectivity index (χ2v) is 8.08. The number of hydrogen-bond acceptors (Lipinski definition) is 2. The molecule has 0 bridgehead atoms. The Labute approximate surface area is 179 Å². The Hall–Kier alpha value is -3.07. The van der Waals surface area contributed by atoms with Gasteiger partial charge in [-0.05, 0) is 54.2 Å². The molecule has 0 unspecified atom stereocenters. The quantitative estimate of drug-likeness (QED) is 0.304. The highest BCUT2D eigenvalue weighted by atomic mass is 16.5. The van der Waals surface area contributed by atoms with Crippen LogP contribution in [0.3, 0.4) is 0 Å². The summed E-state index contributed by atoms with van der Waals surface area (Å²) in [5, 5.41) is 0. The molecule has 0 amide bonds. The van der Waals surface area contributed by atoms with Crippen molar-refractivity contribution in [1.29, 1.82) is 0 Å². The maximum atomic E-state index is 5.99. The SMILES string of the molecule is CC(C)c1ccc(OCCCn2c(CCc3ccccc3)nc3ccccc32)cc1. The van der Waals surface area contributed by atoms with Crippen LogP contribution in [0.5, 0.6) is 5.75 Å². The van der Waals surface area contributed by atoms with Gasteiger partial charge in [0.05, 0.1) is 17.6 Å². The molecule has 0 radical (unpaired) electrons.